The smallest absolute Gasteiger partial charge is 0.228 e. The molecule has 2 aromatic rings. The minimum atomic E-state index is -0.957. The summed E-state index contributed by atoms with van der Waals surface area (Å²) < 4.78 is 11.1. The first kappa shape index (κ1) is 15.8. The Morgan fingerprint density at radius 3 is 2.86 bits per heavy atom. The molecule has 0 N–H and O–H groups in total. The van der Waals surface area contributed by atoms with Crippen LogP contribution in [0.2, 0.25) is 0 Å². The lowest BCUT2D eigenvalue weighted by Crippen LogP contribution is -2.27. The van der Waals surface area contributed by atoms with Gasteiger partial charge in [-0.15, -0.1) is 0 Å². The number of amides is 1. The molecule has 0 aromatic carbocycles. The highest BCUT2D eigenvalue weighted by molar-refractivity contribution is 7.84. The van der Waals surface area contributed by atoms with Gasteiger partial charge in [0, 0.05) is 54.2 Å². The summed E-state index contributed by atoms with van der Waals surface area (Å²) in [6.45, 7) is 1.88. The van der Waals surface area contributed by atoms with Crippen molar-refractivity contribution in [1.82, 2.24) is 9.97 Å². The normalized spacial score (nSPS) is 12.1. The zero-order valence-corrected chi connectivity index (χ0v) is 13.8. The molecule has 2 rings (SSSR count). The summed E-state index contributed by atoms with van der Waals surface area (Å²) in [6, 6.07) is 3.80. The first-order chi connectivity index (χ1) is 9.99. The second-order valence-corrected chi connectivity index (χ2v) is 7.16. The van der Waals surface area contributed by atoms with E-state index < -0.39 is 10.8 Å². The molecule has 7 heteroatoms. The SMILES string of the molecule is Cc1nc(-c2cccnc2)sc1N(C)C(=O)CCS(C)=O. The summed E-state index contributed by atoms with van der Waals surface area (Å²) in [4.78, 5) is 22.3. The highest BCUT2D eigenvalue weighted by Gasteiger charge is 2.18. The number of rotatable bonds is 5. The van der Waals surface area contributed by atoms with E-state index in [0.717, 1.165) is 21.3 Å². The van der Waals surface area contributed by atoms with Gasteiger partial charge in [0.15, 0.2) is 0 Å². The van der Waals surface area contributed by atoms with Crippen molar-refractivity contribution in [2.75, 3.05) is 24.0 Å². The number of nitrogens with zero attached hydrogens (tertiary/aromatic N) is 3. The van der Waals surface area contributed by atoms with Gasteiger partial charge in [-0.25, -0.2) is 4.98 Å². The quantitative estimate of drug-likeness (QED) is 0.846. The summed E-state index contributed by atoms with van der Waals surface area (Å²) in [5.41, 5.74) is 1.75. The molecule has 0 aliphatic carbocycles. The van der Waals surface area contributed by atoms with E-state index in [9.17, 15) is 9.00 Å². The van der Waals surface area contributed by atoms with Crippen LogP contribution in [0.5, 0.6) is 0 Å². The second-order valence-electron chi connectivity index (χ2n) is 4.63. The van der Waals surface area contributed by atoms with Crippen molar-refractivity contribution in [3.63, 3.8) is 0 Å². The van der Waals surface area contributed by atoms with Crippen LogP contribution in [-0.4, -0.2) is 39.1 Å². The van der Waals surface area contributed by atoms with Crippen LogP contribution >= 0.6 is 11.3 Å². The molecule has 5 nitrogen and oxygen atoms in total. The van der Waals surface area contributed by atoms with Crippen LogP contribution in [0.1, 0.15) is 12.1 Å². The van der Waals surface area contributed by atoms with E-state index in [2.05, 4.69) is 9.97 Å². The first-order valence-corrected chi connectivity index (χ1v) is 8.98. The molecule has 0 saturated heterocycles. The van der Waals surface area contributed by atoms with Crippen molar-refractivity contribution in [3.05, 3.63) is 30.2 Å². The van der Waals surface area contributed by atoms with E-state index in [4.69, 9.17) is 0 Å². The Bertz CT molecular complexity index is 655. The van der Waals surface area contributed by atoms with Gasteiger partial charge in [0.2, 0.25) is 5.91 Å². The van der Waals surface area contributed by atoms with Gasteiger partial charge < -0.3 is 4.90 Å². The van der Waals surface area contributed by atoms with Crippen LogP contribution in [0.4, 0.5) is 5.00 Å². The first-order valence-electron chi connectivity index (χ1n) is 6.43. The molecule has 0 aliphatic heterocycles. The van der Waals surface area contributed by atoms with Gasteiger partial charge in [-0.3, -0.25) is 14.0 Å². The molecule has 112 valence electrons. The number of hydrogen-bond donors (Lipinski definition) is 0. The number of carbonyl (C=O) groups excluding carboxylic acids is 1. The number of carbonyl (C=O) groups is 1. The van der Waals surface area contributed by atoms with Gasteiger partial charge in [-0.2, -0.15) is 0 Å². The fraction of sp³-hybridized carbons (Fsp3) is 0.357. The molecule has 0 aliphatic rings. The van der Waals surface area contributed by atoms with Crippen molar-refractivity contribution in [2.45, 2.75) is 13.3 Å². The number of hydrogen-bond acceptors (Lipinski definition) is 5. The minimum Gasteiger partial charge on any atom is -0.305 e. The highest BCUT2D eigenvalue weighted by Crippen LogP contribution is 2.33. The lowest BCUT2D eigenvalue weighted by atomic mass is 10.3. The predicted molar refractivity (Wildman–Crippen MR) is 87.0 cm³/mol. The van der Waals surface area contributed by atoms with Gasteiger partial charge in [-0.1, -0.05) is 11.3 Å². The maximum absolute atomic E-state index is 12.1. The van der Waals surface area contributed by atoms with Crippen molar-refractivity contribution in [1.29, 1.82) is 0 Å². The molecule has 0 radical (unpaired) electrons. The van der Waals surface area contributed by atoms with E-state index in [1.54, 1.807) is 30.6 Å². The van der Waals surface area contributed by atoms with E-state index >= 15 is 0 Å². The van der Waals surface area contributed by atoms with Gasteiger partial charge in [0.25, 0.3) is 0 Å². The van der Waals surface area contributed by atoms with Crippen LogP contribution in [0, 0.1) is 6.92 Å². The van der Waals surface area contributed by atoms with Crippen molar-refractivity contribution in [2.24, 2.45) is 0 Å². The molecule has 2 heterocycles. The fourth-order valence-electron chi connectivity index (χ4n) is 1.82. The number of anilines is 1. The molecule has 0 bridgehead atoms. The third-order valence-electron chi connectivity index (χ3n) is 2.96. The Morgan fingerprint density at radius 1 is 1.48 bits per heavy atom. The van der Waals surface area contributed by atoms with Crippen LogP contribution in [0.25, 0.3) is 10.6 Å². The number of aromatic nitrogens is 2. The van der Waals surface area contributed by atoms with Gasteiger partial charge >= 0.3 is 0 Å². The van der Waals surface area contributed by atoms with Crippen molar-refractivity contribution in [3.8, 4) is 10.6 Å². The standard InChI is InChI=1S/C14H17N3O2S2/c1-10-14(17(2)12(18)6-8-21(3)19)20-13(16-10)11-5-4-7-15-9-11/h4-5,7,9H,6,8H2,1-3H3. The molecule has 0 spiro atoms. The molecule has 2 aromatic heterocycles. The largest absolute Gasteiger partial charge is 0.305 e. The maximum atomic E-state index is 12.1. The Kier molecular flexibility index (Phi) is 5.19. The highest BCUT2D eigenvalue weighted by atomic mass is 32.2. The van der Waals surface area contributed by atoms with Crippen LogP contribution < -0.4 is 4.90 Å². The summed E-state index contributed by atoms with van der Waals surface area (Å²) in [7, 11) is 0.774. The summed E-state index contributed by atoms with van der Waals surface area (Å²) in [5, 5.41) is 1.66. The molecule has 21 heavy (non-hydrogen) atoms. The van der Waals surface area contributed by atoms with E-state index in [1.807, 2.05) is 19.1 Å². The third-order valence-corrected chi connectivity index (χ3v) is 5.02. The predicted octanol–water partition coefficient (Wildman–Crippen LogP) is 2.24. The van der Waals surface area contributed by atoms with Gasteiger partial charge in [-0.05, 0) is 19.1 Å². The maximum Gasteiger partial charge on any atom is 0.228 e. The minimum absolute atomic E-state index is 0.0466. The average Bonchev–Trinajstić information content (AvgIpc) is 2.86. The van der Waals surface area contributed by atoms with Gasteiger partial charge in [0.1, 0.15) is 10.0 Å². The molecule has 0 saturated carbocycles. The molecule has 1 atom stereocenters. The average molecular weight is 323 g/mol. The number of thiazole rings is 1. The monoisotopic (exact) mass is 323 g/mol. The molecule has 1 unspecified atom stereocenters. The lowest BCUT2D eigenvalue weighted by Gasteiger charge is -2.15. The van der Waals surface area contributed by atoms with Crippen molar-refractivity contribution >= 4 is 33.0 Å². The molecule has 1 amide bonds. The Morgan fingerprint density at radius 2 is 2.24 bits per heavy atom. The summed E-state index contributed by atoms with van der Waals surface area (Å²) in [5.74, 6) is 0.339. The van der Waals surface area contributed by atoms with Gasteiger partial charge in [0.05, 0.1) is 5.69 Å². The fourth-order valence-corrected chi connectivity index (χ4v) is 3.32. The van der Waals surface area contributed by atoms with Crippen LogP contribution in [0.3, 0.4) is 0 Å². The lowest BCUT2D eigenvalue weighted by molar-refractivity contribution is -0.117. The second kappa shape index (κ2) is 6.91. The Labute approximate surface area is 130 Å². The molecule has 0 fully saturated rings. The number of pyridine rings is 1. The zero-order valence-electron chi connectivity index (χ0n) is 12.2. The van der Waals surface area contributed by atoms with Crippen LogP contribution in [0.15, 0.2) is 24.5 Å². The van der Waals surface area contributed by atoms with Crippen molar-refractivity contribution < 1.29 is 9.00 Å². The topological polar surface area (TPSA) is 63.2 Å². The third kappa shape index (κ3) is 3.95. The molecular formula is C14H17N3O2S2. The Balaban J connectivity index is 2.19. The van der Waals surface area contributed by atoms with Crippen LogP contribution in [-0.2, 0) is 15.6 Å². The molecular weight excluding hydrogens is 306 g/mol. The summed E-state index contributed by atoms with van der Waals surface area (Å²) >= 11 is 1.46. The van der Waals surface area contributed by atoms with E-state index in [1.165, 1.54) is 11.3 Å². The zero-order chi connectivity index (χ0) is 15.4. The number of aryl methyl sites for hydroxylation is 1. The van der Waals surface area contributed by atoms with E-state index in [-0.39, 0.29) is 12.3 Å². The van der Waals surface area contributed by atoms with E-state index in [0.29, 0.717) is 5.75 Å². The summed E-state index contributed by atoms with van der Waals surface area (Å²) in [6.07, 6.45) is 5.35. The Hall–Kier alpha value is -1.60.